The van der Waals surface area contributed by atoms with E-state index in [9.17, 15) is 14.7 Å². The largest absolute Gasteiger partial charge is 0.489 e. The van der Waals surface area contributed by atoms with Crippen molar-refractivity contribution in [2.45, 2.75) is 19.1 Å². The minimum atomic E-state index is -1.12. The lowest BCUT2D eigenvalue weighted by Crippen LogP contribution is -2.41. The molecule has 1 aromatic heterocycles. The molecule has 1 amide bonds. The Morgan fingerprint density at radius 2 is 1.62 bits per heavy atom. The van der Waals surface area contributed by atoms with Gasteiger partial charge in [0.2, 0.25) is 5.91 Å². The van der Waals surface area contributed by atoms with E-state index in [0.29, 0.717) is 23.1 Å². The van der Waals surface area contributed by atoms with Crippen molar-refractivity contribution in [3.63, 3.8) is 0 Å². The van der Waals surface area contributed by atoms with E-state index >= 15 is 0 Å². The molecule has 0 aliphatic rings. The molecule has 7 heteroatoms. The number of amides is 1. The fourth-order valence-electron chi connectivity index (χ4n) is 3.61. The number of aliphatic carboxylic acids is 1. The average Bonchev–Trinajstić information content (AvgIpc) is 2.92. The number of carboxylic acids is 1. The summed E-state index contributed by atoms with van der Waals surface area (Å²) in [4.78, 5) is 28.8. The number of halogens is 1. The van der Waals surface area contributed by atoms with E-state index in [4.69, 9.17) is 16.3 Å². The van der Waals surface area contributed by atoms with E-state index in [-0.39, 0.29) is 6.42 Å². The maximum Gasteiger partial charge on any atom is 0.326 e. The second kappa shape index (κ2) is 12.5. The van der Waals surface area contributed by atoms with E-state index in [0.717, 1.165) is 22.4 Å². The summed E-state index contributed by atoms with van der Waals surface area (Å²) in [6.07, 6.45) is 2.97. The van der Waals surface area contributed by atoms with Crippen LogP contribution in [0.2, 0.25) is 5.02 Å². The third-order valence-corrected chi connectivity index (χ3v) is 5.79. The van der Waals surface area contributed by atoms with Crippen LogP contribution in [0.4, 0.5) is 0 Å². The van der Waals surface area contributed by atoms with Gasteiger partial charge in [-0.2, -0.15) is 0 Å². The Hall–Kier alpha value is -4.42. The predicted molar refractivity (Wildman–Crippen MR) is 144 cm³/mol. The first kappa shape index (κ1) is 25.7. The van der Waals surface area contributed by atoms with Gasteiger partial charge < -0.3 is 15.2 Å². The van der Waals surface area contributed by atoms with Gasteiger partial charge in [-0.15, -0.1) is 0 Å². The molecule has 0 spiro atoms. The molecule has 2 N–H and O–H groups in total. The number of nitrogens with one attached hydrogen (secondary N) is 1. The molecular weight excluding hydrogens is 488 g/mol. The number of hydrogen-bond acceptors (Lipinski definition) is 4. The molecule has 1 heterocycles. The van der Waals surface area contributed by atoms with Gasteiger partial charge in [-0.25, -0.2) is 9.78 Å². The van der Waals surface area contributed by atoms with Crippen LogP contribution in [0, 0.1) is 0 Å². The number of ether oxygens (including phenoxy) is 1. The quantitative estimate of drug-likeness (QED) is 0.262. The fraction of sp³-hybridized carbons (Fsp3) is 0.100. The predicted octanol–water partition coefficient (Wildman–Crippen LogP) is 5.81. The van der Waals surface area contributed by atoms with Crippen molar-refractivity contribution in [1.29, 1.82) is 0 Å². The molecule has 4 rings (SSSR count). The summed E-state index contributed by atoms with van der Waals surface area (Å²) in [6.45, 7) is 0.442. The van der Waals surface area contributed by atoms with Crippen LogP contribution in [0.5, 0.6) is 5.75 Å². The molecule has 0 bridgehead atoms. The van der Waals surface area contributed by atoms with Crippen molar-refractivity contribution in [2.75, 3.05) is 0 Å². The number of aromatic nitrogens is 1. The Balaban J connectivity index is 1.34. The zero-order chi connectivity index (χ0) is 26.0. The van der Waals surface area contributed by atoms with Crippen molar-refractivity contribution in [3.05, 3.63) is 125 Å². The summed E-state index contributed by atoms with van der Waals surface area (Å²) in [5.74, 6) is -0.956. The van der Waals surface area contributed by atoms with Crippen LogP contribution in [0.3, 0.4) is 0 Å². The molecule has 0 aliphatic heterocycles. The minimum Gasteiger partial charge on any atom is -0.489 e. The first-order chi connectivity index (χ1) is 18.0. The van der Waals surface area contributed by atoms with Crippen LogP contribution in [0.15, 0.2) is 103 Å². The summed E-state index contributed by atoms with van der Waals surface area (Å²) in [7, 11) is 0. The Morgan fingerprint density at radius 1 is 0.892 bits per heavy atom. The lowest BCUT2D eigenvalue weighted by Gasteiger charge is -2.14. The Labute approximate surface area is 220 Å². The van der Waals surface area contributed by atoms with E-state index in [1.165, 1.54) is 6.08 Å². The molecule has 0 saturated heterocycles. The molecular formula is C30H25ClN2O4. The number of carboxylic acid groups (broad SMARTS) is 1. The van der Waals surface area contributed by atoms with Crippen molar-refractivity contribution >= 4 is 29.6 Å². The molecule has 4 aromatic rings. The SMILES string of the molecule is O=C(/C=C/c1cccc(-c2ccc(Cl)cc2)n1)NC(Cc1ccc(OCc2ccccc2)cc1)C(=O)O. The normalized spacial score (nSPS) is 11.7. The zero-order valence-electron chi connectivity index (χ0n) is 19.9. The van der Waals surface area contributed by atoms with E-state index in [1.54, 1.807) is 48.5 Å². The van der Waals surface area contributed by atoms with Gasteiger partial charge in [0.05, 0.1) is 11.4 Å². The number of nitrogens with zero attached hydrogens (tertiary/aromatic N) is 1. The highest BCUT2D eigenvalue weighted by Crippen LogP contribution is 2.20. The maximum absolute atomic E-state index is 12.5. The van der Waals surface area contributed by atoms with Crippen molar-refractivity contribution < 1.29 is 19.4 Å². The molecule has 1 atom stereocenters. The highest BCUT2D eigenvalue weighted by atomic mass is 35.5. The standard InChI is InChI=1S/C30H25ClN2O4/c31-24-13-11-23(12-14-24)27-8-4-7-25(32-27)15-18-29(34)33-28(30(35)36)19-21-9-16-26(17-10-21)37-20-22-5-2-1-3-6-22/h1-18,28H,19-20H2,(H,33,34)(H,35,36)/b18-15+. The summed E-state index contributed by atoms with van der Waals surface area (Å²) in [5, 5.41) is 12.8. The number of carbonyl (C=O) groups excluding carboxylic acids is 1. The highest BCUT2D eigenvalue weighted by molar-refractivity contribution is 6.30. The third-order valence-electron chi connectivity index (χ3n) is 5.54. The van der Waals surface area contributed by atoms with Crippen LogP contribution < -0.4 is 10.1 Å². The molecule has 0 saturated carbocycles. The van der Waals surface area contributed by atoms with Crippen LogP contribution in [0.1, 0.15) is 16.8 Å². The third kappa shape index (κ3) is 7.78. The van der Waals surface area contributed by atoms with Crippen molar-refractivity contribution in [3.8, 4) is 17.0 Å². The Kier molecular flexibility index (Phi) is 8.68. The number of rotatable bonds is 10. The smallest absolute Gasteiger partial charge is 0.326 e. The number of carbonyl (C=O) groups is 2. The molecule has 0 fully saturated rings. The van der Waals surface area contributed by atoms with Gasteiger partial charge in [-0.1, -0.05) is 72.3 Å². The number of hydrogen-bond donors (Lipinski definition) is 2. The summed E-state index contributed by atoms with van der Waals surface area (Å²) >= 11 is 5.95. The van der Waals surface area contributed by atoms with Crippen LogP contribution in [0.25, 0.3) is 17.3 Å². The van der Waals surface area contributed by atoms with E-state index in [2.05, 4.69) is 10.3 Å². The maximum atomic E-state index is 12.5. The molecule has 37 heavy (non-hydrogen) atoms. The topological polar surface area (TPSA) is 88.5 Å². The number of pyridine rings is 1. The lowest BCUT2D eigenvalue weighted by atomic mass is 10.1. The van der Waals surface area contributed by atoms with Gasteiger partial charge in [0.25, 0.3) is 0 Å². The average molecular weight is 513 g/mol. The van der Waals surface area contributed by atoms with Crippen LogP contribution in [-0.4, -0.2) is 28.0 Å². The lowest BCUT2D eigenvalue weighted by molar-refractivity contribution is -0.141. The monoisotopic (exact) mass is 512 g/mol. The first-order valence-electron chi connectivity index (χ1n) is 11.7. The molecule has 0 aliphatic carbocycles. The molecule has 0 radical (unpaired) electrons. The summed E-state index contributed by atoms with van der Waals surface area (Å²) < 4.78 is 5.77. The van der Waals surface area contributed by atoms with Gasteiger partial charge in [0, 0.05) is 23.1 Å². The van der Waals surface area contributed by atoms with E-state index < -0.39 is 17.9 Å². The van der Waals surface area contributed by atoms with Crippen molar-refractivity contribution in [1.82, 2.24) is 10.3 Å². The van der Waals surface area contributed by atoms with Crippen LogP contribution >= 0.6 is 11.6 Å². The van der Waals surface area contributed by atoms with Gasteiger partial charge in [0.15, 0.2) is 0 Å². The zero-order valence-corrected chi connectivity index (χ0v) is 20.6. The molecule has 1 unspecified atom stereocenters. The Bertz CT molecular complexity index is 1370. The Morgan fingerprint density at radius 3 is 2.32 bits per heavy atom. The molecule has 186 valence electrons. The highest BCUT2D eigenvalue weighted by Gasteiger charge is 2.19. The second-order valence-electron chi connectivity index (χ2n) is 8.31. The van der Waals surface area contributed by atoms with Gasteiger partial charge in [0.1, 0.15) is 18.4 Å². The van der Waals surface area contributed by atoms with Gasteiger partial charge in [-0.05, 0) is 53.6 Å². The van der Waals surface area contributed by atoms with Crippen LogP contribution in [-0.2, 0) is 22.6 Å². The van der Waals surface area contributed by atoms with Crippen molar-refractivity contribution in [2.24, 2.45) is 0 Å². The number of benzene rings is 3. The van der Waals surface area contributed by atoms with E-state index in [1.807, 2.05) is 54.6 Å². The minimum absolute atomic E-state index is 0.137. The fourth-order valence-corrected chi connectivity index (χ4v) is 3.73. The second-order valence-corrected chi connectivity index (χ2v) is 8.75. The molecule has 3 aromatic carbocycles. The molecule has 6 nitrogen and oxygen atoms in total. The summed E-state index contributed by atoms with van der Waals surface area (Å²) in [6, 6.07) is 28.7. The van der Waals surface area contributed by atoms with Gasteiger partial charge >= 0.3 is 5.97 Å². The summed E-state index contributed by atoms with van der Waals surface area (Å²) in [5.41, 5.74) is 4.02. The first-order valence-corrected chi connectivity index (χ1v) is 12.0. The van der Waals surface area contributed by atoms with Gasteiger partial charge in [-0.3, -0.25) is 4.79 Å².